The number of nitrogens with zero attached hydrogens (tertiary/aromatic N) is 4. The summed E-state index contributed by atoms with van der Waals surface area (Å²) in [5, 5.41) is 2.42. The van der Waals surface area contributed by atoms with Gasteiger partial charge in [0.05, 0.1) is 0 Å². The van der Waals surface area contributed by atoms with Gasteiger partial charge in [0.1, 0.15) is 10.5 Å². The number of hydrogen-bond acceptors (Lipinski definition) is 3. The molecule has 0 fully saturated rings. The number of benzene rings is 3. The molecule has 0 bridgehead atoms. The van der Waals surface area contributed by atoms with E-state index < -0.39 is 0 Å². The molecular weight excluding hydrogens is 653 g/mol. The Bertz CT molecular complexity index is 1780. The molecule has 0 saturated carbocycles. The Morgan fingerprint density at radius 2 is 1.65 bits per heavy atom. The molecule has 3 aromatic heterocycles. The molecule has 7 rings (SSSR count). The molecule has 6 heteroatoms. The maximum Gasteiger partial charge on any atom is 0.494 e. The van der Waals surface area contributed by atoms with Crippen molar-refractivity contribution in [3.05, 3.63) is 115 Å². The molecule has 1 aliphatic heterocycles. The van der Waals surface area contributed by atoms with Gasteiger partial charge in [-0.15, -0.1) is 47.3 Å². The van der Waals surface area contributed by atoms with Gasteiger partial charge < -0.3 is 4.98 Å². The number of rotatable bonds is 2. The fraction of sp³-hybridized carbons (Fsp3) is 0.0645. The number of aromatic nitrogens is 2. The summed E-state index contributed by atoms with van der Waals surface area (Å²) in [6.45, 7) is 2.03. The number of aryl methyl sites for hydroxylation is 1. The van der Waals surface area contributed by atoms with Gasteiger partial charge in [-0.05, 0) is 34.3 Å². The molecule has 0 N–H and O–H groups in total. The van der Waals surface area contributed by atoms with Crippen LogP contribution in [0.3, 0.4) is 0 Å². The SMILES string of the molecule is C[N+]1=C=[N+](c2[c-]ccc3c2sc2ncccc23)c2ccccc21.Cc1ccc(-c2[c-]cccc2)nc1.[Ir]. The van der Waals surface area contributed by atoms with Crippen LogP contribution >= 0.6 is 11.3 Å². The van der Waals surface area contributed by atoms with E-state index in [2.05, 4.69) is 69.1 Å². The van der Waals surface area contributed by atoms with Gasteiger partial charge in [-0.25, -0.2) is 4.98 Å². The van der Waals surface area contributed by atoms with Crippen molar-refractivity contribution in [2.24, 2.45) is 0 Å². The van der Waals surface area contributed by atoms with Gasteiger partial charge in [0.2, 0.25) is 0 Å². The van der Waals surface area contributed by atoms with Crippen molar-refractivity contribution in [1.82, 2.24) is 14.5 Å². The minimum Gasteiger partial charge on any atom is -0.304 e. The van der Waals surface area contributed by atoms with Crippen molar-refractivity contribution in [2.45, 2.75) is 6.92 Å². The molecule has 3 aromatic carbocycles. The third kappa shape index (κ3) is 4.81. The Labute approximate surface area is 233 Å². The van der Waals surface area contributed by atoms with E-state index in [1.165, 1.54) is 21.0 Å². The number of para-hydroxylation sites is 2. The topological polar surface area (TPSA) is 31.8 Å². The predicted octanol–water partition coefficient (Wildman–Crippen LogP) is 7.40. The van der Waals surface area contributed by atoms with E-state index in [4.69, 9.17) is 0 Å². The molecule has 4 heterocycles. The van der Waals surface area contributed by atoms with E-state index in [1.54, 1.807) is 11.3 Å². The zero-order valence-electron chi connectivity index (χ0n) is 20.3. The van der Waals surface area contributed by atoms with Gasteiger partial charge in [-0.3, -0.25) is 0 Å². The summed E-state index contributed by atoms with van der Waals surface area (Å²) in [7, 11) is 2.02. The van der Waals surface area contributed by atoms with Crippen molar-refractivity contribution < 1.29 is 24.7 Å². The minimum absolute atomic E-state index is 0. The first kappa shape index (κ1) is 24.9. The Morgan fingerprint density at radius 3 is 2.43 bits per heavy atom. The van der Waals surface area contributed by atoms with Crippen LogP contribution in [0, 0.1) is 19.1 Å². The Kier molecular flexibility index (Phi) is 7.18. The molecule has 0 atom stereocenters. The van der Waals surface area contributed by atoms with E-state index in [1.807, 2.05) is 79.5 Å². The van der Waals surface area contributed by atoms with E-state index in [0.717, 1.165) is 33.1 Å². The smallest absolute Gasteiger partial charge is 0.304 e. The van der Waals surface area contributed by atoms with Gasteiger partial charge in [-0.1, -0.05) is 39.5 Å². The molecular formula is C31H22IrN4S. The normalized spacial score (nSPS) is 11.7. The Morgan fingerprint density at radius 1 is 0.811 bits per heavy atom. The average molecular weight is 675 g/mol. The van der Waals surface area contributed by atoms with Crippen LogP contribution in [0.4, 0.5) is 17.1 Å². The summed E-state index contributed by atoms with van der Waals surface area (Å²) in [6, 6.07) is 38.4. The Balaban J connectivity index is 0.000000172. The number of hydrogen-bond donors (Lipinski definition) is 0. The molecule has 0 aliphatic carbocycles. The number of pyridine rings is 2. The molecule has 6 aromatic rings. The third-order valence-corrected chi connectivity index (χ3v) is 7.18. The molecule has 4 nitrogen and oxygen atoms in total. The van der Waals surface area contributed by atoms with Gasteiger partial charge in [-0.2, -0.15) is 23.5 Å². The van der Waals surface area contributed by atoms with E-state index in [0.29, 0.717) is 0 Å². The molecule has 0 saturated heterocycles. The second-order valence-electron chi connectivity index (χ2n) is 8.51. The van der Waals surface area contributed by atoms with Gasteiger partial charge in [0.25, 0.3) is 11.4 Å². The quantitative estimate of drug-likeness (QED) is 0.142. The van der Waals surface area contributed by atoms with E-state index >= 15 is 0 Å². The molecule has 0 amide bonds. The van der Waals surface area contributed by atoms with Crippen molar-refractivity contribution >= 4 is 54.7 Å². The molecule has 0 unspecified atom stereocenters. The summed E-state index contributed by atoms with van der Waals surface area (Å²) >= 11 is 1.71. The van der Waals surface area contributed by atoms with Crippen molar-refractivity contribution in [1.29, 1.82) is 0 Å². The predicted molar refractivity (Wildman–Crippen MR) is 148 cm³/mol. The molecule has 1 radical (unpaired) electrons. The fourth-order valence-corrected chi connectivity index (χ4v) is 5.40. The summed E-state index contributed by atoms with van der Waals surface area (Å²) in [5.74, 6) is 0. The van der Waals surface area contributed by atoms with Gasteiger partial charge >= 0.3 is 6.01 Å². The first-order chi connectivity index (χ1) is 17.7. The fourth-order valence-electron chi connectivity index (χ4n) is 4.27. The summed E-state index contributed by atoms with van der Waals surface area (Å²) < 4.78 is 5.31. The second kappa shape index (κ2) is 10.7. The maximum absolute atomic E-state index is 4.50. The van der Waals surface area contributed by atoms with E-state index in [9.17, 15) is 0 Å². The number of fused-ring (bicyclic) bond motifs is 4. The Hall–Kier alpha value is -3.79. The third-order valence-electron chi connectivity index (χ3n) is 6.04. The summed E-state index contributed by atoms with van der Waals surface area (Å²) in [6.07, 6.45) is 3.72. The van der Waals surface area contributed by atoms with E-state index in [-0.39, 0.29) is 20.1 Å². The first-order valence-electron chi connectivity index (χ1n) is 11.7. The van der Waals surface area contributed by atoms with Crippen LogP contribution in [0.15, 0.2) is 97.3 Å². The van der Waals surface area contributed by atoms with Gasteiger partial charge in [0, 0.05) is 44.6 Å². The summed E-state index contributed by atoms with van der Waals surface area (Å²) in [4.78, 5) is 9.88. The molecule has 0 spiro atoms. The largest absolute Gasteiger partial charge is 0.494 e. The maximum atomic E-state index is 4.50. The van der Waals surface area contributed by atoms with Crippen LogP contribution in [0.1, 0.15) is 5.56 Å². The van der Waals surface area contributed by atoms with Crippen molar-refractivity contribution in [3.8, 4) is 11.3 Å². The van der Waals surface area contributed by atoms with Crippen LogP contribution in [0.2, 0.25) is 0 Å². The second-order valence-corrected chi connectivity index (χ2v) is 9.51. The van der Waals surface area contributed by atoms with Crippen LogP contribution < -0.4 is 4.58 Å². The van der Waals surface area contributed by atoms with Crippen LogP contribution in [-0.4, -0.2) is 27.6 Å². The van der Waals surface area contributed by atoms with Crippen LogP contribution in [0.5, 0.6) is 0 Å². The van der Waals surface area contributed by atoms with Crippen molar-refractivity contribution in [2.75, 3.05) is 7.05 Å². The van der Waals surface area contributed by atoms with Crippen LogP contribution in [0.25, 0.3) is 31.6 Å². The van der Waals surface area contributed by atoms with Gasteiger partial charge in [0.15, 0.2) is 7.05 Å². The standard InChI is InChI=1S/C19H12N3S.C12H10N.Ir/c1-21-12-22(16-9-3-2-8-15(16)21)17-10-4-6-13-14-7-5-11-20-19(14)23-18(13)17;1-10-7-8-12(13-9-10)11-5-3-2-4-6-11;/h2-9,11H,1H3;2-5,7-9H,1H3;/q+1;-1;. The van der Waals surface area contributed by atoms with Crippen molar-refractivity contribution in [3.63, 3.8) is 0 Å². The monoisotopic (exact) mass is 675 g/mol. The zero-order valence-corrected chi connectivity index (χ0v) is 23.5. The summed E-state index contributed by atoms with van der Waals surface area (Å²) in [5.41, 5.74) is 6.51. The zero-order chi connectivity index (χ0) is 24.5. The first-order valence-corrected chi connectivity index (χ1v) is 12.5. The molecule has 37 heavy (non-hydrogen) atoms. The average Bonchev–Trinajstić information content (AvgIpc) is 3.48. The minimum atomic E-state index is 0. The molecule has 181 valence electrons. The number of thiophene rings is 1. The van der Waals surface area contributed by atoms with Crippen LogP contribution in [-0.2, 0) is 20.1 Å². The molecule has 1 aliphatic rings.